The average Bonchev–Trinajstić information content (AvgIpc) is 2.66. The third kappa shape index (κ3) is 6.57. The molecule has 0 aliphatic carbocycles. The zero-order chi connectivity index (χ0) is 18.8. The van der Waals surface area contributed by atoms with Crippen molar-refractivity contribution in [2.75, 3.05) is 19.8 Å². The number of rotatable bonds is 10. The highest BCUT2D eigenvalue weighted by Crippen LogP contribution is 2.16. The Balaban J connectivity index is 1.70. The van der Waals surface area contributed by atoms with Crippen molar-refractivity contribution >= 4 is 11.8 Å². The first-order valence-electron chi connectivity index (χ1n) is 8.52. The third-order valence-electron chi connectivity index (χ3n) is 3.72. The van der Waals surface area contributed by atoms with Gasteiger partial charge in [-0.05, 0) is 37.1 Å². The Labute approximate surface area is 153 Å². The summed E-state index contributed by atoms with van der Waals surface area (Å²) in [5.74, 6) is -0.341. The van der Waals surface area contributed by atoms with Gasteiger partial charge in [-0.1, -0.05) is 36.4 Å². The van der Waals surface area contributed by atoms with E-state index < -0.39 is 5.91 Å². The maximum atomic E-state index is 12.2. The summed E-state index contributed by atoms with van der Waals surface area (Å²) in [5, 5.41) is 2.84. The SMILES string of the molecule is CC(OCCCNC(=O)c1cccc(OCC(N)=O)c1)c1ccccc1. The quantitative estimate of drug-likeness (QED) is 0.640. The number of carbonyl (C=O) groups is 2. The number of nitrogens with one attached hydrogen (secondary N) is 1. The predicted molar refractivity (Wildman–Crippen MR) is 98.9 cm³/mol. The minimum Gasteiger partial charge on any atom is -0.484 e. The van der Waals surface area contributed by atoms with Crippen molar-refractivity contribution < 1.29 is 19.1 Å². The normalized spacial score (nSPS) is 11.6. The number of hydrogen-bond acceptors (Lipinski definition) is 4. The van der Waals surface area contributed by atoms with Crippen LogP contribution in [0.25, 0.3) is 0 Å². The Morgan fingerprint density at radius 3 is 2.62 bits per heavy atom. The second-order valence-electron chi connectivity index (χ2n) is 5.82. The summed E-state index contributed by atoms with van der Waals surface area (Å²) in [6, 6.07) is 16.6. The number of nitrogens with two attached hydrogens (primary N) is 1. The number of primary amides is 1. The first-order chi connectivity index (χ1) is 12.6. The molecule has 6 nitrogen and oxygen atoms in total. The average molecular weight is 356 g/mol. The van der Waals surface area contributed by atoms with Crippen LogP contribution in [0.2, 0.25) is 0 Å². The fraction of sp³-hybridized carbons (Fsp3) is 0.300. The Kier molecular flexibility index (Phi) is 7.64. The molecule has 138 valence electrons. The van der Waals surface area contributed by atoms with E-state index in [4.69, 9.17) is 15.2 Å². The van der Waals surface area contributed by atoms with Crippen molar-refractivity contribution in [3.05, 3.63) is 65.7 Å². The van der Waals surface area contributed by atoms with Gasteiger partial charge in [0.15, 0.2) is 6.61 Å². The molecule has 0 aliphatic rings. The zero-order valence-electron chi connectivity index (χ0n) is 14.8. The number of benzene rings is 2. The summed E-state index contributed by atoms with van der Waals surface area (Å²) in [5.41, 5.74) is 6.63. The van der Waals surface area contributed by atoms with E-state index >= 15 is 0 Å². The van der Waals surface area contributed by atoms with Gasteiger partial charge in [-0.2, -0.15) is 0 Å². The first-order valence-corrected chi connectivity index (χ1v) is 8.52. The second-order valence-corrected chi connectivity index (χ2v) is 5.82. The fourth-order valence-corrected chi connectivity index (χ4v) is 2.34. The van der Waals surface area contributed by atoms with Gasteiger partial charge in [0.1, 0.15) is 5.75 Å². The second kappa shape index (κ2) is 10.2. The van der Waals surface area contributed by atoms with E-state index in [-0.39, 0.29) is 18.6 Å². The Bertz CT molecular complexity index is 719. The predicted octanol–water partition coefficient (Wildman–Crippen LogP) is 2.45. The van der Waals surface area contributed by atoms with Crippen LogP contribution < -0.4 is 15.8 Å². The number of hydrogen-bond donors (Lipinski definition) is 2. The van der Waals surface area contributed by atoms with Crippen LogP contribution in [0.15, 0.2) is 54.6 Å². The summed E-state index contributed by atoms with van der Waals surface area (Å²) in [7, 11) is 0. The topological polar surface area (TPSA) is 90.7 Å². The van der Waals surface area contributed by atoms with Gasteiger partial charge in [-0.3, -0.25) is 9.59 Å². The van der Waals surface area contributed by atoms with Crippen LogP contribution in [-0.4, -0.2) is 31.6 Å². The molecule has 0 spiro atoms. The lowest BCUT2D eigenvalue weighted by molar-refractivity contribution is -0.119. The van der Waals surface area contributed by atoms with Crippen molar-refractivity contribution in [2.24, 2.45) is 5.73 Å². The Hall–Kier alpha value is -2.86. The van der Waals surface area contributed by atoms with E-state index in [0.29, 0.717) is 30.9 Å². The Morgan fingerprint density at radius 2 is 1.88 bits per heavy atom. The van der Waals surface area contributed by atoms with Crippen LogP contribution in [0.1, 0.15) is 35.4 Å². The molecule has 2 rings (SSSR count). The van der Waals surface area contributed by atoms with E-state index in [2.05, 4.69) is 5.32 Å². The smallest absolute Gasteiger partial charge is 0.255 e. The highest BCUT2D eigenvalue weighted by molar-refractivity contribution is 5.94. The molecule has 1 atom stereocenters. The van der Waals surface area contributed by atoms with Crippen LogP contribution >= 0.6 is 0 Å². The molecule has 0 aliphatic heterocycles. The molecular weight excluding hydrogens is 332 g/mol. The number of amides is 2. The maximum Gasteiger partial charge on any atom is 0.255 e. The first kappa shape index (κ1) is 19.5. The van der Waals surface area contributed by atoms with Crippen molar-refractivity contribution in [3.8, 4) is 5.75 Å². The van der Waals surface area contributed by atoms with E-state index in [0.717, 1.165) is 5.56 Å². The molecule has 0 bridgehead atoms. The summed E-state index contributed by atoms with van der Waals surface area (Å²) in [6.07, 6.45) is 0.729. The molecule has 26 heavy (non-hydrogen) atoms. The van der Waals surface area contributed by atoms with Gasteiger partial charge in [0.2, 0.25) is 0 Å². The highest BCUT2D eigenvalue weighted by atomic mass is 16.5. The van der Waals surface area contributed by atoms with Crippen molar-refractivity contribution in [1.82, 2.24) is 5.32 Å². The van der Waals surface area contributed by atoms with Crippen molar-refractivity contribution in [2.45, 2.75) is 19.4 Å². The van der Waals surface area contributed by atoms with Crippen LogP contribution in [0.4, 0.5) is 0 Å². The van der Waals surface area contributed by atoms with E-state index in [9.17, 15) is 9.59 Å². The lowest BCUT2D eigenvalue weighted by Gasteiger charge is -2.13. The summed E-state index contributed by atoms with van der Waals surface area (Å²) in [4.78, 5) is 22.9. The molecule has 0 saturated heterocycles. The Morgan fingerprint density at radius 1 is 1.12 bits per heavy atom. The van der Waals surface area contributed by atoms with E-state index in [1.807, 2.05) is 37.3 Å². The molecule has 0 aromatic heterocycles. The van der Waals surface area contributed by atoms with E-state index in [1.54, 1.807) is 24.3 Å². The highest BCUT2D eigenvalue weighted by Gasteiger charge is 2.08. The molecule has 6 heteroatoms. The standard InChI is InChI=1S/C20H24N2O4/c1-15(16-7-3-2-4-8-16)25-12-6-11-22-20(24)17-9-5-10-18(13-17)26-14-19(21)23/h2-5,7-10,13,15H,6,11-12,14H2,1H3,(H2,21,23)(H,22,24). The van der Waals surface area contributed by atoms with Crippen LogP contribution in [0.3, 0.4) is 0 Å². The molecule has 2 amide bonds. The minimum absolute atomic E-state index is 0.0194. The van der Waals surface area contributed by atoms with Gasteiger partial charge in [0.05, 0.1) is 6.10 Å². The maximum absolute atomic E-state index is 12.2. The van der Waals surface area contributed by atoms with Crippen LogP contribution in [-0.2, 0) is 9.53 Å². The lowest BCUT2D eigenvalue weighted by Crippen LogP contribution is -2.25. The number of carbonyl (C=O) groups excluding carboxylic acids is 2. The lowest BCUT2D eigenvalue weighted by atomic mass is 10.1. The summed E-state index contributed by atoms with van der Waals surface area (Å²) in [6.45, 7) is 2.85. The van der Waals surface area contributed by atoms with Crippen molar-refractivity contribution in [3.63, 3.8) is 0 Å². The van der Waals surface area contributed by atoms with Gasteiger partial charge < -0.3 is 20.5 Å². The minimum atomic E-state index is -0.565. The molecule has 3 N–H and O–H groups in total. The molecular formula is C20H24N2O4. The van der Waals surface area contributed by atoms with Gasteiger partial charge >= 0.3 is 0 Å². The molecule has 0 fully saturated rings. The summed E-state index contributed by atoms with van der Waals surface area (Å²) < 4.78 is 11.0. The zero-order valence-corrected chi connectivity index (χ0v) is 14.8. The molecule has 0 heterocycles. The molecule has 2 aromatic carbocycles. The van der Waals surface area contributed by atoms with Gasteiger partial charge in [0.25, 0.3) is 11.8 Å². The van der Waals surface area contributed by atoms with E-state index in [1.165, 1.54) is 0 Å². The van der Waals surface area contributed by atoms with Crippen molar-refractivity contribution in [1.29, 1.82) is 0 Å². The van der Waals surface area contributed by atoms with Gasteiger partial charge in [-0.25, -0.2) is 0 Å². The molecule has 2 aromatic rings. The monoisotopic (exact) mass is 356 g/mol. The third-order valence-corrected chi connectivity index (χ3v) is 3.72. The summed E-state index contributed by atoms with van der Waals surface area (Å²) >= 11 is 0. The molecule has 0 saturated carbocycles. The number of ether oxygens (including phenoxy) is 2. The van der Waals surface area contributed by atoms with Gasteiger partial charge in [0, 0.05) is 18.7 Å². The molecule has 1 unspecified atom stereocenters. The fourth-order valence-electron chi connectivity index (χ4n) is 2.34. The largest absolute Gasteiger partial charge is 0.484 e. The molecule has 0 radical (unpaired) electrons. The van der Waals surface area contributed by atoms with Gasteiger partial charge in [-0.15, -0.1) is 0 Å². The van der Waals surface area contributed by atoms with Crippen LogP contribution in [0, 0.1) is 0 Å². The van der Waals surface area contributed by atoms with Crippen LogP contribution in [0.5, 0.6) is 5.75 Å².